The first-order valence-electron chi connectivity index (χ1n) is 9.88. The van der Waals surface area contributed by atoms with Crippen LogP contribution in [-0.4, -0.2) is 10.5 Å². The third-order valence-electron chi connectivity index (χ3n) is 5.02. The fraction of sp³-hybridized carbons (Fsp3) is 0.120. The lowest BCUT2D eigenvalue weighted by atomic mass is 10.1. The summed E-state index contributed by atoms with van der Waals surface area (Å²) in [5, 5.41) is 14.9. The van der Waals surface area contributed by atoms with Crippen LogP contribution in [0.25, 0.3) is 17.0 Å². The number of nitrogens with one attached hydrogen (secondary N) is 1. The summed E-state index contributed by atoms with van der Waals surface area (Å²) < 4.78 is 15.4. The molecule has 0 radical (unpaired) electrons. The molecule has 1 atom stereocenters. The number of rotatable bonds is 7. The second kappa shape index (κ2) is 9.41. The van der Waals surface area contributed by atoms with Crippen LogP contribution >= 0.6 is 11.3 Å². The normalized spacial score (nSPS) is 12.1. The van der Waals surface area contributed by atoms with Crippen LogP contribution in [0.5, 0.6) is 0 Å². The maximum atomic E-state index is 13.4. The summed E-state index contributed by atoms with van der Waals surface area (Å²) >= 11 is 1.54. The molecule has 0 bridgehead atoms. The van der Waals surface area contributed by atoms with Crippen LogP contribution in [0.15, 0.2) is 78.3 Å². The number of halogens is 1. The number of hydrogen-bond acceptors (Lipinski definition) is 3. The van der Waals surface area contributed by atoms with Gasteiger partial charge in [-0.1, -0.05) is 36.4 Å². The first-order chi connectivity index (χ1) is 15.2. The fourth-order valence-corrected chi connectivity index (χ4v) is 4.35. The van der Waals surface area contributed by atoms with E-state index in [1.165, 1.54) is 29.5 Å². The van der Waals surface area contributed by atoms with Crippen molar-refractivity contribution in [1.29, 1.82) is 5.26 Å². The molecule has 4 rings (SSSR count). The summed E-state index contributed by atoms with van der Waals surface area (Å²) in [4.78, 5) is 13.7. The summed E-state index contributed by atoms with van der Waals surface area (Å²) in [5.74, 6) is -0.552. The monoisotopic (exact) mass is 429 g/mol. The van der Waals surface area contributed by atoms with Crippen LogP contribution in [0, 0.1) is 17.1 Å². The van der Waals surface area contributed by atoms with Crippen molar-refractivity contribution in [2.24, 2.45) is 0 Å². The summed E-state index contributed by atoms with van der Waals surface area (Å²) in [7, 11) is 0. The average molecular weight is 430 g/mol. The quantitative estimate of drug-likeness (QED) is 0.385. The average Bonchev–Trinajstić information content (AvgIpc) is 3.44. The van der Waals surface area contributed by atoms with Crippen molar-refractivity contribution in [3.63, 3.8) is 0 Å². The summed E-state index contributed by atoms with van der Waals surface area (Å²) in [6, 6.07) is 19.8. The number of para-hydroxylation sites is 1. The molecule has 2 aromatic carbocycles. The number of carbonyl (C=O) groups excluding carboxylic acids is 1. The van der Waals surface area contributed by atoms with Crippen molar-refractivity contribution < 1.29 is 9.18 Å². The van der Waals surface area contributed by atoms with Crippen LogP contribution in [-0.2, 0) is 11.3 Å². The van der Waals surface area contributed by atoms with Crippen molar-refractivity contribution >= 4 is 34.2 Å². The molecule has 0 aliphatic rings. The molecule has 0 saturated heterocycles. The number of hydrogen-bond donors (Lipinski definition) is 1. The Balaban J connectivity index is 1.57. The molecular weight excluding hydrogens is 409 g/mol. The van der Waals surface area contributed by atoms with Gasteiger partial charge in [0.05, 0.1) is 18.5 Å². The van der Waals surface area contributed by atoms with Crippen molar-refractivity contribution in [1.82, 2.24) is 9.88 Å². The topological polar surface area (TPSA) is 57.8 Å². The minimum Gasteiger partial charge on any atom is -0.346 e. The smallest absolute Gasteiger partial charge is 0.244 e. The van der Waals surface area contributed by atoms with E-state index in [0.717, 1.165) is 26.9 Å². The van der Waals surface area contributed by atoms with E-state index in [2.05, 4.69) is 11.4 Å². The number of aryl methyl sites for hydroxylation is 1. The van der Waals surface area contributed by atoms with Crippen molar-refractivity contribution in [3.05, 3.63) is 100 Å². The molecule has 6 heteroatoms. The molecule has 0 saturated carbocycles. The minimum absolute atomic E-state index is 0.239. The zero-order chi connectivity index (χ0) is 21.6. The van der Waals surface area contributed by atoms with E-state index in [4.69, 9.17) is 5.26 Å². The minimum atomic E-state index is -0.352. The van der Waals surface area contributed by atoms with Gasteiger partial charge in [0, 0.05) is 40.2 Å². The number of fused-ring (bicyclic) bond motifs is 1. The zero-order valence-corrected chi connectivity index (χ0v) is 17.5. The SMILES string of the molecule is N#CCCn1cc(/C=C/C(=O)NC(c2ccc(F)cc2)c2cccs2)c2ccccc21. The molecule has 0 aliphatic carbocycles. The number of benzene rings is 2. The van der Waals surface area contributed by atoms with Crippen molar-refractivity contribution in [2.75, 3.05) is 0 Å². The molecule has 4 nitrogen and oxygen atoms in total. The molecule has 4 aromatic rings. The highest BCUT2D eigenvalue weighted by Crippen LogP contribution is 2.27. The molecular formula is C25H20FN3OS. The van der Waals surface area contributed by atoms with E-state index < -0.39 is 0 Å². The van der Waals surface area contributed by atoms with E-state index in [1.807, 2.05) is 52.5 Å². The molecule has 154 valence electrons. The Bertz CT molecular complexity index is 1250. The Morgan fingerprint density at radius 2 is 1.97 bits per heavy atom. The van der Waals surface area contributed by atoms with Gasteiger partial charge < -0.3 is 9.88 Å². The third kappa shape index (κ3) is 4.73. The highest BCUT2D eigenvalue weighted by Gasteiger charge is 2.17. The Morgan fingerprint density at radius 3 is 2.71 bits per heavy atom. The summed E-state index contributed by atoms with van der Waals surface area (Å²) in [6.45, 7) is 0.599. The van der Waals surface area contributed by atoms with Gasteiger partial charge in [-0.25, -0.2) is 4.39 Å². The van der Waals surface area contributed by atoms with Gasteiger partial charge in [0.1, 0.15) is 5.82 Å². The van der Waals surface area contributed by atoms with Crippen LogP contribution in [0.2, 0.25) is 0 Å². The van der Waals surface area contributed by atoms with E-state index >= 15 is 0 Å². The van der Waals surface area contributed by atoms with E-state index in [9.17, 15) is 9.18 Å². The first kappa shape index (κ1) is 20.6. The lowest BCUT2D eigenvalue weighted by molar-refractivity contribution is -0.116. The van der Waals surface area contributed by atoms with Gasteiger partial charge in [0.25, 0.3) is 0 Å². The number of amides is 1. The van der Waals surface area contributed by atoms with Crippen LogP contribution < -0.4 is 5.32 Å². The van der Waals surface area contributed by atoms with Crippen LogP contribution in [0.4, 0.5) is 4.39 Å². The third-order valence-corrected chi connectivity index (χ3v) is 5.95. The highest BCUT2D eigenvalue weighted by molar-refractivity contribution is 7.10. The molecule has 31 heavy (non-hydrogen) atoms. The lowest BCUT2D eigenvalue weighted by Gasteiger charge is -2.17. The largest absolute Gasteiger partial charge is 0.346 e. The van der Waals surface area contributed by atoms with Gasteiger partial charge in [-0.05, 0) is 41.3 Å². The Labute approximate surface area is 183 Å². The van der Waals surface area contributed by atoms with Gasteiger partial charge in [0.15, 0.2) is 0 Å². The predicted molar refractivity (Wildman–Crippen MR) is 122 cm³/mol. The molecule has 0 spiro atoms. The van der Waals surface area contributed by atoms with Crippen molar-refractivity contribution in [2.45, 2.75) is 19.0 Å². The fourth-order valence-electron chi connectivity index (χ4n) is 3.55. The number of nitriles is 1. The number of thiophene rings is 1. The standard InChI is InChI=1S/C25H20FN3OS/c26-20-11-8-18(9-12-20)25(23-7-3-16-31-23)28-24(30)13-10-19-17-29(15-4-14-27)22-6-2-1-5-21(19)22/h1-3,5-13,16-17,25H,4,15H2,(H,28,30)/b13-10+. The summed E-state index contributed by atoms with van der Waals surface area (Å²) in [6.07, 6.45) is 5.68. The second-order valence-corrected chi connectivity index (χ2v) is 8.02. The predicted octanol–water partition coefficient (Wildman–Crippen LogP) is 5.67. The Hall–Kier alpha value is -3.69. The maximum absolute atomic E-state index is 13.4. The van der Waals surface area contributed by atoms with E-state index in [0.29, 0.717) is 13.0 Å². The molecule has 1 amide bonds. The van der Waals surface area contributed by atoms with Gasteiger partial charge in [-0.15, -0.1) is 11.3 Å². The van der Waals surface area contributed by atoms with Gasteiger partial charge in [0.2, 0.25) is 5.91 Å². The van der Waals surface area contributed by atoms with Crippen molar-refractivity contribution in [3.8, 4) is 6.07 Å². The van der Waals surface area contributed by atoms with Crippen LogP contribution in [0.1, 0.15) is 28.5 Å². The molecule has 2 aromatic heterocycles. The molecule has 0 aliphatic heterocycles. The highest BCUT2D eigenvalue weighted by atomic mass is 32.1. The number of nitrogens with zero attached hydrogens (tertiary/aromatic N) is 2. The Morgan fingerprint density at radius 1 is 1.16 bits per heavy atom. The summed E-state index contributed by atoms with van der Waals surface area (Å²) in [5.41, 5.74) is 2.76. The molecule has 1 unspecified atom stereocenters. The zero-order valence-electron chi connectivity index (χ0n) is 16.7. The maximum Gasteiger partial charge on any atom is 0.244 e. The van der Waals surface area contributed by atoms with E-state index in [-0.39, 0.29) is 17.8 Å². The van der Waals surface area contributed by atoms with E-state index in [1.54, 1.807) is 18.2 Å². The van der Waals surface area contributed by atoms with Crippen LogP contribution in [0.3, 0.4) is 0 Å². The molecule has 0 fully saturated rings. The lowest BCUT2D eigenvalue weighted by Crippen LogP contribution is -2.27. The second-order valence-electron chi connectivity index (χ2n) is 7.05. The van der Waals surface area contributed by atoms with Gasteiger partial charge >= 0.3 is 0 Å². The molecule has 2 heterocycles. The molecule has 1 N–H and O–H groups in total. The van der Waals surface area contributed by atoms with Gasteiger partial charge in [-0.2, -0.15) is 5.26 Å². The number of carbonyl (C=O) groups is 1. The van der Waals surface area contributed by atoms with Gasteiger partial charge in [-0.3, -0.25) is 4.79 Å². The Kier molecular flexibility index (Phi) is 6.25. The first-order valence-corrected chi connectivity index (χ1v) is 10.8. The number of aromatic nitrogens is 1.